The molecule has 5 heteroatoms. The van der Waals surface area contributed by atoms with Crippen LogP contribution in [0.2, 0.25) is 5.02 Å². The minimum Gasteiger partial charge on any atom is -0.466 e. The van der Waals surface area contributed by atoms with E-state index >= 15 is 0 Å². The molecule has 0 saturated carbocycles. The molecule has 0 N–H and O–H groups in total. The molecule has 0 heterocycles. The molecular formula is C23H35ClO4. The van der Waals surface area contributed by atoms with E-state index in [2.05, 4.69) is 6.92 Å². The zero-order valence-corrected chi connectivity index (χ0v) is 18.2. The number of esters is 2. The number of ether oxygens (including phenoxy) is 2. The van der Waals surface area contributed by atoms with Crippen molar-refractivity contribution in [2.45, 2.75) is 90.9 Å². The first kappa shape index (κ1) is 24.5. The molecule has 158 valence electrons. The van der Waals surface area contributed by atoms with Crippen LogP contribution in [0.3, 0.4) is 0 Å². The fourth-order valence-electron chi connectivity index (χ4n) is 2.90. The fraction of sp³-hybridized carbons (Fsp3) is 0.652. The Morgan fingerprint density at radius 3 is 2.11 bits per heavy atom. The lowest BCUT2D eigenvalue weighted by atomic mass is 10.1. The van der Waals surface area contributed by atoms with Crippen LogP contribution in [-0.2, 0) is 14.3 Å². The number of hydrogen-bond acceptors (Lipinski definition) is 4. The third-order valence-electron chi connectivity index (χ3n) is 4.63. The van der Waals surface area contributed by atoms with Gasteiger partial charge in [-0.1, -0.05) is 63.5 Å². The third kappa shape index (κ3) is 12.0. The number of rotatable bonds is 15. The van der Waals surface area contributed by atoms with Gasteiger partial charge in [0.15, 0.2) is 0 Å². The van der Waals surface area contributed by atoms with Crippen LogP contribution in [0.1, 0.15) is 89.5 Å². The lowest BCUT2D eigenvalue weighted by Gasteiger charge is -2.06. The van der Waals surface area contributed by atoms with Crippen LogP contribution in [-0.4, -0.2) is 18.5 Å². The van der Waals surface area contributed by atoms with E-state index in [0.717, 1.165) is 56.9 Å². The van der Waals surface area contributed by atoms with Crippen molar-refractivity contribution in [1.82, 2.24) is 0 Å². The highest BCUT2D eigenvalue weighted by atomic mass is 35.5. The van der Waals surface area contributed by atoms with Crippen molar-refractivity contribution in [3.8, 4) is 5.75 Å². The summed E-state index contributed by atoms with van der Waals surface area (Å²) < 4.78 is 10.6. The third-order valence-corrected chi connectivity index (χ3v) is 5.06. The summed E-state index contributed by atoms with van der Waals surface area (Å²) in [6.07, 6.45) is 11.3. The normalized spacial score (nSPS) is 10.7. The number of unbranched alkanes of at least 4 members (excludes halogenated alkanes) is 8. The molecule has 0 bridgehead atoms. The second-order valence-corrected chi connectivity index (χ2v) is 7.69. The quantitative estimate of drug-likeness (QED) is 0.181. The smallest absolute Gasteiger partial charge is 0.311 e. The highest BCUT2D eigenvalue weighted by molar-refractivity contribution is 6.31. The summed E-state index contributed by atoms with van der Waals surface area (Å²) in [5.74, 6) is 0.268. The van der Waals surface area contributed by atoms with E-state index in [1.165, 1.54) is 12.8 Å². The van der Waals surface area contributed by atoms with Crippen molar-refractivity contribution in [2.75, 3.05) is 6.61 Å². The first-order valence-electron chi connectivity index (χ1n) is 10.7. The molecule has 0 aliphatic heterocycles. The molecule has 4 nitrogen and oxygen atoms in total. The van der Waals surface area contributed by atoms with Crippen molar-refractivity contribution in [3.63, 3.8) is 0 Å². The maximum atomic E-state index is 11.9. The van der Waals surface area contributed by atoms with E-state index in [1.807, 2.05) is 6.92 Å². The molecule has 1 aromatic rings. The Balaban J connectivity index is 1.95. The van der Waals surface area contributed by atoms with E-state index in [9.17, 15) is 9.59 Å². The zero-order valence-electron chi connectivity index (χ0n) is 17.4. The van der Waals surface area contributed by atoms with Gasteiger partial charge in [-0.25, -0.2) is 0 Å². The lowest BCUT2D eigenvalue weighted by Crippen LogP contribution is -2.07. The maximum Gasteiger partial charge on any atom is 0.311 e. The van der Waals surface area contributed by atoms with Gasteiger partial charge < -0.3 is 9.47 Å². The van der Waals surface area contributed by atoms with E-state index in [1.54, 1.807) is 18.2 Å². The monoisotopic (exact) mass is 410 g/mol. The van der Waals surface area contributed by atoms with Gasteiger partial charge in [0.1, 0.15) is 5.75 Å². The number of aryl methyl sites for hydroxylation is 1. The van der Waals surface area contributed by atoms with E-state index in [0.29, 0.717) is 30.2 Å². The Morgan fingerprint density at radius 1 is 0.857 bits per heavy atom. The molecule has 0 atom stereocenters. The number of carbonyl (C=O) groups excluding carboxylic acids is 2. The molecule has 0 saturated heterocycles. The van der Waals surface area contributed by atoms with Crippen molar-refractivity contribution in [1.29, 1.82) is 0 Å². The zero-order chi connectivity index (χ0) is 20.6. The standard InChI is InChI=1S/C23H35ClO4/c1-3-4-5-12-17-27-22(25)13-10-8-6-7-9-11-14-23(26)28-20-15-16-21(24)19(2)18-20/h15-16,18H,3-14,17H2,1-2H3. The summed E-state index contributed by atoms with van der Waals surface area (Å²) in [6.45, 7) is 4.61. The van der Waals surface area contributed by atoms with Crippen LogP contribution < -0.4 is 4.74 Å². The van der Waals surface area contributed by atoms with Gasteiger partial charge in [-0.3, -0.25) is 9.59 Å². The Bertz CT molecular complexity index is 586. The van der Waals surface area contributed by atoms with Crippen LogP contribution >= 0.6 is 11.6 Å². The van der Waals surface area contributed by atoms with Crippen LogP contribution in [0.15, 0.2) is 18.2 Å². The van der Waals surface area contributed by atoms with Crippen molar-refractivity contribution >= 4 is 23.5 Å². The molecule has 0 aromatic heterocycles. The average Bonchev–Trinajstić information content (AvgIpc) is 2.66. The van der Waals surface area contributed by atoms with Gasteiger partial charge in [0.2, 0.25) is 0 Å². The van der Waals surface area contributed by atoms with Crippen molar-refractivity contribution in [3.05, 3.63) is 28.8 Å². The predicted octanol–water partition coefficient (Wildman–Crippen LogP) is 6.80. The summed E-state index contributed by atoms with van der Waals surface area (Å²) in [5, 5.41) is 0.667. The highest BCUT2D eigenvalue weighted by Crippen LogP contribution is 2.21. The number of hydrogen-bond donors (Lipinski definition) is 0. The first-order valence-corrected chi connectivity index (χ1v) is 11.0. The predicted molar refractivity (Wildman–Crippen MR) is 114 cm³/mol. The van der Waals surface area contributed by atoms with Gasteiger partial charge in [-0.05, 0) is 49.9 Å². The van der Waals surface area contributed by atoms with E-state index in [4.69, 9.17) is 21.1 Å². The molecule has 1 rings (SSSR count). The maximum absolute atomic E-state index is 11.9. The Kier molecular flexibility index (Phi) is 13.5. The first-order chi connectivity index (χ1) is 13.5. The van der Waals surface area contributed by atoms with Crippen molar-refractivity contribution in [2.24, 2.45) is 0 Å². The molecule has 0 spiro atoms. The average molecular weight is 411 g/mol. The Labute approximate surface area is 174 Å². The van der Waals surface area contributed by atoms with Crippen LogP contribution in [0.5, 0.6) is 5.75 Å². The number of halogens is 1. The van der Waals surface area contributed by atoms with Gasteiger partial charge in [0, 0.05) is 17.9 Å². The molecular weight excluding hydrogens is 376 g/mol. The van der Waals surface area contributed by atoms with E-state index < -0.39 is 0 Å². The van der Waals surface area contributed by atoms with Gasteiger partial charge in [0.05, 0.1) is 6.61 Å². The number of carbonyl (C=O) groups is 2. The van der Waals surface area contributed by atoms with Gasteiger partial charge in [0.25, 0.3) is 0 Å². The molecule has 0 radical (unpaired) electrons. The largest absolute Gasteiger partial charge is 0.466 e. The molecule has 0 aliphatic rings. The molecule has 28 heavy (non-hydrogen) atoms. The molecule has 0 unspecified atom stereocenters. The minimum absolute atomic E-state index is 0.0725. The summed E-state index contributed by atoms with van der Waals surface area (Å²) in [4.78, 5) is 23.5. The van der Waals surface area contributed by atoms with Gasteiger partial charge in [-0.15, -0.1) is 0 Å². The Hall–Kier alpha value is -1.55. The second kappa shape index (κ2) is 15.4. The summed E-state index contributed by atoms with van der Waals surface area (Å²) in [5.41, 5.74) is 0.896. The van der Waals surface area contributed by atoms with Crippen molar-refractivity contribution < 1.29 is 19.1 Å². The molecule has 0 aliphatic carbocycles. The lowest BCUT2D eigenvalue weighted by molar-refractivity contribution is -0.144. The Morgan fingerprint density at radius 2 is 1.46 bits per heavy atom. The molecule has 1 aromatic carbocycles. The molecule has 0 fully saturated rings. The van der Waals surface area contributed by atoms with Crippen LogP contribution in [0, 0.1) is 6.92 Å². The van der Waals surface area contributed by atoms with Crippen LogP contribution in [0.25, 0.3) is 0 Å². The topological polar surface area (TPSA) is 52.6 Å². The fourth-order valence-corrected chi connectivity index (χ4v) is 3.01. The SMILES string of the molecule is CCCCCCOC(=O)CCCCCCCCC(=O)Oc1ccc(Cl)c(C)c1. The minimum atomic E-state index is -0.205. The summed E-state index contributed by atoms with van der Waals surface area (Å²) in [7, 11) is 0. The highest BCUT2D eigenvalue weighted by Gasteiger charge is 2.06. The van der Waals surface area contributed by atoms with Gasteiger partial charge in [-0.2, -0.15) is 0 Å². The number of benzene rings is 1. The van der Waals surface area contributed by atoms with E-state index in [-0.39, 0.29) is 11.9 Å². The second-order valence-electron chi connectivity index (χ2n) is 7.29. The van der Waals surface area contributed by atoms with Crippen LogP contribution in [0.4, 0.5) is 0 Å². The van der Waals surface area contributed by atoms with Gasteiger partial charge >= 0.3 is 11.9 Å². The summed E-state index contributed by atoms with van der Waals surface area (Å²) in [6, 6.07) is 5.22. The molecule has 0 amide bonds. The summed E-state index contributed by atoms with van der Waals surface area (Å²) >= 11 is 5.96.